The van der Waals surface area contributed by atoms with Gasteiger partial charge in [0, 0.05) is 43.9 Å². The van der Waals surface area contributed by atoms with Crippen LogP contribution in [0.25, 0.3) is 0 Å². The number of amides is 1. The van der Waals surface area contributed by atoms with Crippen LogP contribution in [0.4, 0.5) is 8.78 Å². The average molecular weight is 427 g/mol. The van der Waals surface area contributed by atoms with Gasteiger partial charge in [-0.2, -0.15) is 0 Å². The molecule has 1 saturated heterocycles. The number of aliphatic hydroxyl groups is 1. The summed E-state index contributed by atoms with van der Waals surface area (Å²) >= 11 is 0. The first-order valence-electron chi connectivity index (χ1n) is 12.3. The molecule has 0 aromatic heterocycles. The fourth-order valence-electron chi connectivity index (χ4n) is 6.64. The van der Waals surface area contributed by atoms with Crippen molar-refractivity contribution < 1.29 is 18.7 Å². The van der Waals surface area contributed by atoms with Crippen molar-refractivity contribution in [2.24, 2.45) is 11.3 Å². The minimum atomic E-state index is -2.60. The van der Waals surface area contributed by atoms with E-state index in [-0.39, 0.29) is 48.5 Å². The lowest BCUT2D eigenvalue weighted by atomic mass is 9.65. The van der Waals surface area contributed by atoms with E-state index < -0.39 is 11.5 Å². The second-order valence-corrected chi connectivity index (χ2v) is 11.2. The first-order valence-corrected chi connectivity index (χ1v) is 12.3. The monoisotopic (exact) mass is 426 g/mol. The Kier molecular flexibility index (Phi) is 6.22. The molecule has 0 radical (unpaired) electrons. The molecule has 3 saturated carbocycles. The lowest BCUT2D eigenvalue weighted by Crippen LogP contribution is -2.62. The molecule has 0 aromatic carbocycles. The van der Waals surface area contributed by atoms with Crippen LogP contribution in [0.1, 0.15) is 96.8 Å². The molecule has 6 heteroatoms. The number of halogens is 2. The Labute approximate surface area is 180 Å². The van der Waals surface area contributed by atoms with Crippen LogP contribution in [0.2, 0.25) is 0 Å². The van der Waals surface area contributed by atoms with Crippen LogP contribution in [0.3, 0.4) is 0 Å². The summed E-state index contributed by atoms with van der Waals surface area (Å²) in [7, 11) is 0. The number of hydrogen-bond acceptors (Lipinski definition) is 3. The maximum Gasteiger partial charge on any atom is 0.248 e. The Morgan fingerprint density at radius 2 is 1.57 bits per heavy atom. The van der Waals surface area contributed by atoms with E-state index in [2.05, 4.69) is 17.1 Å². The molecule has 2 N–H and O–H groups in total. The van der Waals surface area contributed by atoms with Crippen LogP contribution >= 0.6 is 0 Å². The fraction of sp³-hybridized carbons (Fsp3) is 0.958. The number of carbonyl (C=O) groups is 1. The van der Waals surface area contributed by atoms with Crippen molar-refractivity contribution in [2.75, 3.05) is 19.6 Å². The topological polar surface area (TPSA) is 52.6 Å². The minimum absolute atomic E-state index is 0.0317. The summed E-state index contributed by atoms with van der Waals surface area (Å²) < 4.78 is 26.8. The van der Waals surface area contributed by atoms with Gasteiger partial charge in [0.2, 0.25) is 11.8 Å². The summed E-state index contributed by atoms with van der Waals surface area (Å²) in [4.78, 5) is 15.2. The summed E-state index contributed by atoms with van der Waals surface area (Å²) in [6.07, 6.45) is 11.1. The highest BCUT2D eigenvalue weighted by atomic mass is 19.3. The van der Waals surface area contributed by atoms with Gasteiger partial charge in [0.15, 0.2) is 0 Å². The van der Waals surface area contributed by atoms with E-state index in [9.17, 15) is 18.7 Å². The molecule has 0 aromatic rings. The van der Waals surface area contributed by atoms with Crippen molar-refractivity contribution in [3.05, 3.63) is 0 Å². The van der Waals surface area contributed by atoms with Gasteiger partial charge in [-0.1, -0.05) is 26.2 Å². The molecule has 4 rings (SSSR count). The first kappa shape index (κ1) is 22.4. The molecule has 0 bridgehead atoms. The number of rotatable bonds is 5. The summed E-state index contributed by atoms with van der Waals surface area (Å²) in [6, 6.07) is 0. The third-order valence-corrected chi connectivity index (χ3v) is 8.84. The van der Waals surface area contributed by atoms with Crippen molar-refractivity contribution in [1.82, 2.24) is 10.2 Å². The number of carbonyl (C=O) groups excluding carboxylic acids is 1. The lowest BCUT2D eigenvalue weighted by molar-refractivity contribution is -0.140. The lowest BCUT2D eigenvalue weighted by Gasteiger charge is -2.55. The molecule has 0 atom stereocenters. The van der Waals surface area contributed by atoms with Crippen molar-refractivity contribution >= 4 is 5.91 Å². The molecule has 1 heterocycles. The number of alkyl halides is 2. The molecule has 30 heavy (non-hydrogen) atoms. The Morgan fingerprint density at radius 3 is 2.13 bits per heavy atom. The van der Waals surface area contributed by atoms with Crippen LogP contribution in [-0.2, 0) is 4.79 Å². The predicted octanol–water partition coefficient (Wildman–Crippen LogP) is 4.65. The molecule has 1 aliphatic heterocycles. The van der Waals surface area contributed by atoms with Gasteiger partial charge in [0.1, 0.15) is 0 Å². The second kappa shape index (κ2) is 8.31. The van der Waals surface area contributed by atoms with Crippen LogP contribution in [0, 0.1) is 11.3 Å². The van der Waals surface area contributed by atoms with Gasteiger partial charge in [-0.3, -0.25) is 9.69 Å². The summed E-state index contributed by atoms with van der Waals surface area (Å²) in [6.45, 7) is 4.61. The Balaban J connectivity index is 1.21. The largest absolute Gasteiger partial charge is 0.389 e. The quantitative estimate of drug-likeness (QED) is 0.673. The van der Waals surface area contributed by atoms with Gasteiger partial charge in [-0.15, -0.1) is 0 Å². The van der Waals surface area contributed by atoms with Crippen LogP contribution in [0.5, 0.6) is 0 Å². The van der Waals surface area contributed by atoms with Crippen LogP contribution < -0.4 is 5.32 Å². The van der Waals surface area contributed by atoms with Gasteiger partial charge in [-0.25, -0.2) is 8.78 Å². The SMILES string of the molecule is CCC1(NC(=O)C2CCC3(CC2)CN(CC2(O)CCC(F)(F)CC2)C3)CCCCC1. The van der Waals surface area contributed by atoms with Crippen molar-refractivity contribution in [2.45, 2.75) is 114 Å². The minimum Gasteiger partial charge on any atom is -0.389 e. The number of β-amino-alcohol motifs (C(OH)–C–C–N with tert-alkyl or cyclic N) is 1. The first-order chi connectivity index (χ1) is 14.2. The molecule has 0 unspecified atom stereocenters. The molecular weight excluding hydrogens is 386 g/mol. The van der Waals surface area contributed by atoms with Crippen LogP contribution in [0.15, 0.2) is 0 Å². The highest BCUT2D eigenvalue weighted by molar-refractivity contribution is 5.79. The summed E-state index contributed by atoms with van der Waals surface area (Å²) in [5.41, 5.74) is -0.641. The van der Waals surface area contributed by atoms with Crippen molar-refractivity contribution in [1.29, 1.82) is 0 Å². The van der Waals surface area contributed by atoms with E-state index in [1.54, 1.807) is 0 Å². The highest BCUT2D eigenvalue weighted by Gasteiger charge is 2.50. The number of hydrogen-bond donors (Lipinski definition) is 2. The van der Waals surface area contributed by atoms with E-state index in [4.69, 9.17) is 0 Å². The summed E-state index contributed by atoms with van der Waals surface area (Å²) in [5, 5.41) is 14.2. The van der Waals surface area contributed by atoms with Crippen LogP contribution in [-0.4, -0.2) is 52.6 Å². The van der Waals surface area contributed by atoms with Crippen molar-refractivity contribution in [3.8, 4) is 0 Å². The van der Waals surface area contributed by atoms with E-state index in [0.717, 1.165) is 58.0 Å². The molecule has 172 valence electrons. The maximum absolute atomic E-state index is 13.4. The van der Waals surface area contributed by atoms with E-state index in [0.29, 0.717) is 6.54 Å². The summed E-state index contributed by atoms with van der Waals surface area (Å²) in [5.74, 6) is -2.20. The molecule has 1 amide bonds. The second-order valence-electron chi connectivity index (χ2n) is 11.2. The number of nitrogens with one attached hydrogen (secondary N) is 1. The fourth-order valence-corrected chi connectivity index (χ4v) is 6.64. The smallest absolute Gasteiger partial charge is 0.248 e. The molecule has 4 nitrogen and oxygen atoms in total. The zero-order valence-corrected chi connectivity index (χ0v) is 18.7. The van der Waals surface area contributed by atoms with E-state index in [1.807, 2.05) is 0 Å². The molecular formula is C24H40F2N2O2. The number of nitrogens with zero attached hydrogens (tertiary/aromatic N) is 1. The molecule has 3 aliphatic carbocycles. The highest BCUT2D eigenvalue weighted by Crippen LogP contribution is 2.47. The Hall–Kier alpha value is -0.750. The van der Waals surface area contributed by atoms with E-state index >= 15 is 0 Å². The Morgan fingerprint density at radius 1 is 0.967 bits per heavy atom. The third kappa shape index (κ3) is 4.85. The Bertz CT molecular complexity index is 607. The van der Waals surface area contributed by atoms with Gasteiger partial charge in [0.05, 0.1) is 5.60 Å². The predicted molar refractivity (Wildman–Crippen MR) is 113 cm³/mol. The maximum atomic E-state index is 13.4. The average Bonchev–Trinajstić information content (AvgIpc) is 2.71. The van der Waals surface area contributed by atoms with Gasteiger partial charge in [-0.05, 0) is 63.2 Å². The zero-order valence-electron chi connectivity index (χ0n) is 18.7. The van der Waals surface area contributed by atoms with E-state index in [1.165, 1.54) is 19.3 Å². The van der Waals surface area contributed by atoms with Crippen molar-refractivity contribution in [3.63, 3.8) is 0 Å². The molecule has 4 aliphatic rings. The normalized spacial score (nSPS) is 30.5. The standard InChI is InChI=1S/C24H40F2N2O2/c1-2-22(8-4-3-5-9-22)27-20(29)19-6-10-21(11-7-19)16-28(17-21)18-23(30)12-14-24(25,26)15-13-23/h19,30H,2-18H2,1H3,(H,27,29). The van der Waals surface area contributed by atoms with Gasteiger partial charge < -0.3 is 10.4 Å². The van der Waals surface area contributed by atoms with Gasteiger partial charge in [0.25, 0.3) is 0 Å². The molecule has 1 spiro atoms. The third-order valence-electron chi connectivity index (χ3n) is 8.84. The van der Waals surface area contributed by atoms with Gasteiger partial charge >= 0.3 is 0 Å². The number of likely N-dealkylation sites (tertiary alicyclic amines) is 1. The molecule has 4 fully saturated rings. The zero-order chi connectivity index (χ0) is 21.5.